The van der Waals surface area contributed by atoms with E-state index in [4.69, 9.17) is 0 Å². The van der Waals surface area contributed by atoms with Gasteiger partial charge in [0.25, 0.3) is 5.56 Å². The average molecular weight is 476 g/mol. The van der Waals surface area contributed by atoms with E-state index in [9.17, 15) is 23.2 Å². The fourth-order valence-electron chi connectivity index (χ4n) is 3.65. The van der Waals surface area contributed by atoms with Crippen LogP contribution in [0.2, 0.25) is 0 Å². The molecule has 0 saturated carbocycles. The molecule has 178 valence electrons. The highest BCUT2D eigenvalue weighted by Gasteiger charge is 2.19. The second-order valence-electron chi connectivity index (χ2n) is 7.96. The molecule has 0 aliphatic rings. The molecule has 2 amide bonds. The van der Waals surface area contributed by atoms with Crippen LogP contribution in [0.15, 0.2) is 65.5 Å². The molecule has 1 heterocycles. The van der Waals surface area contributed by atoms with Crippen molar-refractivity contribution in [1.82, 2.24) is 9.55 Å². The molecule has 0 aliphatic heterocycles. The molecule has 3 aromatic carbocycles. The van der Waals surface area contributed by atoms with Gasteiger partial charge in [-0.3, -0.25) is 19.0 Å². The topological polar surface area (TPSA) is 93.1 Å². The number of amides is 2. The fourth-order valence-corrected chi connectivity index (χ4v) is 3.65. The number of nitrogens with one attached hydrogen (secondary N) is 2. The van der Waals surface area contributed by atoms with Gasteiger partial charge in [-0.05, 0) is 43.3 Å². The van der Waals surface area contributed by atoms with Gasteiger partial charge in [0, 0.05) is 18.1 Å². The van der Waals surface area contributed by atoms with Crippen molar-refractivity contribution in [1.29, 1.82) is 0 Å². The number of hydrogen-bond acceptors (Lipinski definition) is 4. The first-order valence-electron chi connectivity index (χ1n) is 10.9. The van der Waals surface area contributed by atoms with Crippen LogP contribution in [0.4, 0.5) is 20.2 Å². The molecular weight excluding hydrogens is 454 g/mol. The number of carbonyl (C=O) groups is 2. The van der Waals surface area contributed by atoms with Gasteiger partial charge >= 0.3 is 0 Å². The van der Waals surface area contributed by atoms with Gasteiger partial charge in [0.15, 0.2) is 0 Å². The second-order valence-corrected chi connectivity index (χ2v) is 7.96. The standard InChI is InChI=1S/C26H22F2N4O3/c1-3-23(33)29-19-10-8-15(2)12-17(19)25-26(35)32(22-7-5-4-6-21(22)31-25)14-24(34)30-20-11-9-16(27)13-18(20)28/h4-13H,3,14H2,1-2H3,(H,29,33)(H,30,34). The maximum Gasteiger partial charge on any atom is 0.278 e. The average Bonchev–Trinajstić information content (AvgIpc) is 2.83. The van der Waals surface area contributed by atoms with Gasteiger partial charge in [-0.2, -0.15) is 0 Å². The first kappa shape index (κ1) is 23.7. The number of aromatic nitrogens is 2. The second kappa shape index (κ2) is 9.84. The smallest absolute Gasteiger partial charge is 0.278 e. The highest BCUT2D eigenvalue weighted by molar-refractivity contribution is 5.96. The minimum Gasteiger partial charge on any atom is -0.325 e. The molecule has 9 heteroatoms. The zero-order valence-corrected chi connectivity index (χ0v) is 19.1. The Kier molecular flexibility index (Phi) is 6.68. The number of fused-ring (bicyclic) bond motifs is 1. The lowest BCUT2D eigenvalue weighted by molar-refractivity contribution is -0.117. The number of rotatable bonds is 6. The fraction of sp³-hybridized carbons (Fsp3) is 0.154. The predicted molar refractivity (Wildman–Crippen MR) is 130 cm³/mol. The summed E-state index contributed by atoms with van der Waals surface area (Å²) in [6.45, 7) is 3.13. The van der Waals surface area contributed by atoms with Crippen LogP contribution in [0, 0.1) is 18.6 Å². The summed E-state index contributed by atoms with van der Waals surface area (Å²) in [5, 5.41) is 5.16. The van der Waals surface area contributed by atoms with Gasteiger partial charge in [0.1, 0.15) is 23.9 Å². The molecule has 0 fully saturated rings. The van der Waals surface area contributed by atoms with Crippen LogP contribution in [-0.2, 0) is 16.1 Å². The molecule has 2 N–H and O–H groups in total. The van der Waals surface area contributed by atoms with Crippen molar-refractivity contribution in [2.75, 3.05) is 10.6 Å². The van der Waals surface area contributed by atoms with Crippen LogP contribution in [0.3, 0.4) is 0 Å². The molecule has 7 nitrogen and oxygen atoms in total. The molecular formula is C26H22F2N4O3. The van der Waals surface area contributed by atoms with Crippen LogP contribution < -0.4 is 16.2 Å². The lowest BCUT2D eigenvalue weighted by Gasteiger charge is -2.15. The number of halogens is 2. The normalized spacial score (nSPS) is 10.9. The Morgan fingerprint density at radius 2 is 1.66 bits per heavy atom. The number of aryl methyl sites for hydroxylation is 1. The summed E-state index contributed by atoms with van der Waals surface area (Å²) in [6.07, 6.45) is 0.253. The highest BCUT2D eigenvalue weighted by atomic mass is 19.1. The van der Waals surface area contributed by atoms with Gasteiger partial charge in [0.05, 0.1) is 22.4 Å². The number of nitrogens with zero attached hydrogens (tertiary/aromatic N) is 2. The summed E-state index contributed by atoms with van der Waals surface area (Å²) in [4.78, 5) is 42.9. The third-order valence-electron chi connectivity index (χ3n) is 5.38. The third kappa shape index (κ3) is 5.08. The number of carbonyl (C=O) groups excluding carboxylic acids is 2. The molecule has 4 aromatic rings. The number of para-hydroxylation sites is 2. The molecule has 0 aliphatic carbocycles. The maximum atomic E-state index is 14.0. The van der Waals surface area contributed by atoms with Crippen molar-refractivity contribution in [3.8, 4) is 11.3 Å². The molecule has 0 radical (unpaired) electrons. The zero-order valence-electron chi connectivity index (χ0n) is 19.1. The molecule has 35 heavy (non-hydrogen) atoms. The first-order chi connectivity index (χ1) is 16.8. The molecule has 0 unspecified atom stereocenters. The van der Waals surface area contributed by atoms with Gasteiger partial charge in [0.2, 0.25) is 11.8 Å². The van der Waals surface area contributed by atoms with Gasteiger partial charge < -0.3 is 10.6 Å². The van der Waals surface area contributed by atoms with Crippen LogP contribution in [-0.4, -0.2) is 21.4 Å². The van der Waals surface area contributed by atoms with E-state index in [0.29, 0.717) is 28.4 Å². The maximum absolute atomic E-state index is 14.0. The van der Waals surface area contributed by atoms with E-state index < -0.39 is 29.6 Å². The van der Waals surface area contributed by atoms with E-state index in [1.807, 2.05) is 6.92 Å². The Hall–Kier alpha value is -4.40. The monoisotopic (exact) mass is 476 g/mol. The Morgan fingerprint density at radius 3 is 2.40 bits per heavy atom. The van der Waals surface area contributed by atoms with Crippen LogP contribution in [0.5, 0.6) is 0 Å². The van der Waals surface area contributed by atoms with E-state index in [-0.39, 0.29) is 23.7 Å². The largest absolute Gasteiger partial charge is 0.325 e. The van der Waals surface area contributed by atoms with E-state index in [0.717, 1.165) is 17.7 Å². The Morgan fingerprint density at radius 1 is 0.943 bits per heavy atom. The number of anilines is 2. The summed E-state index contributed by atoms with van der Waals surface area (Å²) in [5.41, 5.74) is 1.84. The van der Waals surface area contributed by atoms with E-state index in [1.165, 1.54) is 4.57 Å². The van der Waals surface area contributed by atoms with Crippen LogP contribution >= 0.6 is 0 Å². The van der Waals surface area contributed by atoms with Gasteiger partial charge in [-0.25, -0.2) is 13.8 Å². The lowest BCUT2D eigenvalue weighted by Crippen LogP contribution is -2.30. The Bertz CT molecular complexity index is 1510. The highest BCUT2D eigenvalue weighted by Crippen LogP contribution is 2.27. The van der Waals surface area contributed by atoms with E-state index >= 15 is 0 Å². The van der Waals surface area contributed by atoms with Crippen molar-refractivity contribution >= 4 is 34.2 Å². The van der Waals surface area contributed by atoms with Crippen LogP contribution in [0.25, 0.3) is 22.3 Å². The van der Waals surface area contributed by atoms with Crippen molar-refractivity contribution in [3.63, 3.8) is 0 Å². The quantitative estimate of drug-likeness (QED) is 0.424. The summed E-state index contributed by atoms with van der Waals surface area (Å²) in [5.74, 6) is -2.60. The van der Waals surface area contributed by atoms with Gasteiger partial charge in [-0.1, -0.05) is 30.7 Å². The summed E-state index contributed by atoms with van der Waals surface area (Å²) in [7, 11) is 0. The lowest BCUT2D eigenvalue weighted by atomic mass is 10.1. The molecule has 4 rings (SSSR count). The minimum absolute atomic E-state index is 0.0552. The SMILES string of the molecule is CCC(=O)Nc1ccc(C)cc1-c1nc2ccccc2n(CC(=O)Nc2ccc(F)cc2F)c1=O. The third-order valence-corrected chi connectivity index (χ3v) is 5.38. The van der Waals surface area contributed by atoms with Crippen molar-refractivity contribution in [2.45, 2.75) is 26.8 Å². The Labute approximate surface area is 199 Å². The molecule has 0 saturated heterocycles. The van der Waals surface area contributed by atoms with E-state index in [1.54, 1.807) is 49.4 Å². The molecule has 0 bridgehead atoms. The molecule has 0 spiro atoms. The number of benzene rings is 3. The summed E-state index contributed by atoms with van der Waals surface area (Å²) < 4.78 is 28.4. The summed E-state index contributed by atoms with van der Waals surface area (Å²) in [6, 6.07) is 14.8. The first-order valence-corrected chi connectivity index (χ1v) is 10.9. The number of hydrogen-bond donors (Lipinski definition) is 2. The summed E-state index contributed by atoms with van der Waals surface area (Å²) >= 11 is 0. The zero-order chi connectivity index (χ0) is 25.1. The molecule has 1 aromatic heterocycles. The minimum atomic E-state index is -0.929. The van der Waals surface area contributed by atoms with Crippen molar-refractivity contribution in [2.24, 2.45) is 0 Å². The molecule has 0 atom stereocenters. The van der Waals surface area contributed by atoms with Crippen molar-refractivity contribution in [3.05, 3.63) is 88.2 Å². The Balaban J connectivity index is 1.81. The predicted octanol–water partition coefficient (Wildman–Crippen LogP) is 4.64. The van der Waals surface area contributed by atoms with Gasteiger partial charge in [-0.15, -0.1) is 0 Å². The van der Waals surface area contributed by atoms with E-state index in [2.05, 4.69) is 15.6 Å². The van der Waals surface area contributed by atoms with Crippen LogP contribution in [0.1, 0.15) is 18.9 Å². The van der Waals surface area contributed by atoms with Crippen molar-refractivity contribution < 1.29 is 18.4 Å².